The molecule has 0 amide bonds. The summed E-state index contributed by atoms with van der Waals surface area (Å²) in [5.41, 5.74) is 5.77. The van der Waals surface area contributed by atoms with E-state index in [-0.39, 0.29) is 22.9 Å². The van der Waals surface area contributed by atoms with Crippen LogP contribution in [-0.2, 0) is 9.53 Å². The molecule has 0 spiro atoms. The smallest absolute Gasteiger partial charge is 0.302 e. The van der Waals surface area contributed by atoms with Crippen LogP contribution in [0.25, 0.3) is 5.57 Å². The van der Waals surface area contributed by atoms with E-state index in [2.05, 4.69) is 42.0 Å². The molecule has 0 radical (unpaired) electrons. The molecule has 1 heterocycles. The molecule has 4 aliphatic carbocycles. The van der Waals surface area contributed by atoms with Crippen molar-refractivity contribution >= 4 is 11.5 Å². The first-order chi connectivity index (χ1) is 13.9. The van der Waals surface area contributed by atoms with Gasteiger partial charge >= 0.3 is 5.97 Å². The molecule has 4 aliphatic rings. The van der Waals surface area contributed by atoms with E-state index in [1.165, 1.54) is 30.9 Å². The number of aromatic nitrogens is 2. The fourth-order valence-electron chi connectivity index (χ4n) is 6.78. The Morgan fingerprint density at radius 3 is 2.79 bits per heavy atom. The topological polar surface area (TPSA) is 52.1 Å². The number of fused-ring (bicyclic) bond motifs is 5. The molecule has 0 saturated heterocycles. The van der Waals surface area contributed by atoms with Crippen molar-refractivity contribution in [3.8, 4) is 0 Å². The zero-order chi connectivity index (χ0) is 20.2. The number of carbonyl (C=O) groups excluding carboxylic acids is 1. The first-order valence-corrected chi connectivity index (χ1v) is 11.0. The summed E-state index contributed by atoms with van der Waals surface area (Å²) in [6.45, 7) is 6.39. The van der Waals surface area contributed by atoms with Crippen molar-refractivity contribution in [2.75, 3.05) is 0 Å². The molecular formula is C25H30N2O2. The van der Waals surface area contributed by atoms with Crippen LogP contribution in [-0.4, -0.2) is 22.0 Å². The lowest BCUT2D eigenvalue weighted by Gasteiger charge is -2.56. The molecule has 152 valence electrons. The predicted octanol–water partition coefficient (Wildman–Crippen LogP) is 5.28. The summed E-state index contributed by atoms with van der Waals surface area (Å²) >= 11 is 0. The third-order valence-corrected chi connectivity index (χ3v) is 8.28. The summed E-state index contributed by atoms with van der Waals surface area (Å²) < 4.78 is 5.56. The molecule has 1 aromatic rings. The second kappa shape index (κ2) is 6.65. The molecule has 0 N–H and O–H groups in total. The van der Waals surface area contributed by atoms with Gasteiger partial charge in [-0.25, -0.2) is 0 Å². The summed E-state index contributed by atoms with van der Waals surface area (Å²) in [5, 5.41) is 0. The summed E-state index contributed by atoms with van der Waals surface area (Å²) in [4.78, 5) is 20.3. The van der Waals surface area contributed by atoms with E-state index in [4.69, 9.17) is 4.74 Å². The third-order valence-electron chi connectivity index (χ3n) is 8.28. The Bertz CT molecular complexity index is 931. The zero-order valence-corrected chi connectivity index (χ0v) is 17.6. The van der Waals surface area contributed by atoms with Crippen LogP contribution in [0.2, 0.25) is 0 Å². The van der Waals surface area contributed by atoms with Crippen molar-refractivity contribution in [2.45, 2.75) is 65.4 Å². The number of carbonyl (C=O) groups is 1. The molecule has 5 atom stereocenters. The zero-order valence-electron chi connectivity index (χ0n) is 17.6. The van der Waals surface area contributed by atoms with Crippen LogP contribution in [0, 0.1) is 22.7 Å². The van der Waals surface area contributed by atoms with Gasteiger partial charge in [0.05, 0.1) is 11.9 Å². The van der Waals surface area contributed by atoms with Crippen LogP contribution in [0.15, 0.2) is 48.0 Å². The van der Waals surface area contributed by atoms with E-state index in [0.29, 0.717) is 11.8 Å². The number of esters is 1. The molecule has 2 fully saturated rings. The van der Waals surface area contributed by atoms with E-state index in [1.807, 2.05) is 6.20 Å². The highest BCUT2D eigenvalue weighted by molar-refractivity contribution is 5.76. The van der Waals surface area contributed by atoms with Gasteiger partial charge in [-0.3, -0.25) is 14.8 Å². The van der Waals surface area contributed by atoms with Crippen molar-refractivity contribution in [3.05, 3.63) is 53.7 Å². The van der Waals surface area contributed by atoms with Crippen LogP contribution in [0.4, 0.5) is 0 Å². The Hall–Kier alpha value is -2.23. The van der Waals surface area contributed by atoms with E-state index >= 15 is 0 Å². The van der Waals surface area contributed by atoms with Gasteiger partial charge in [-0.05, 0) is 54.9 Å². The van der Waals surface area contributed by atoms with E-state index < -0.39 is 0 Å². The van der Waals surface area contributed by atoms with E-state index in [0.717, 1.165) is 31.4 Å². The third kappa shape index (κ3) is 2.83. The van der Waals surface area contributed by atoms with Gasteiger partial charge < -0.3 is 4.74 Å². The van der Waals surface area contributed by atoms with Crippen LogP contribution in [0.1, 0.15) is 65.0 Å². The Labute approximate surface area is 173 Å². The van der Waals surface area contributed by atoms with E-state index in [1.54, 1.807) is 18.0 Å². The fraction of sp³-hybridized carbons (Fsp3) is 0.560. The van der Waals surface area contributed by atoms with Crippen LogP contribution in [0.3, 0.4) is 0 Å². The monoisotopic (exact) mass is 390 g/mol. The molecule has 0 aliphatic heterocycles. The highest BCUT2D eigenvalue weighted by Crippen LogP contribution is 2.64. The highest BCUT2D eigenvalue weighted by Gasteiger charge is 2.54. The number of allylic oxidation sites excluding steroid dienone is 5. The maximum Gasteiger partial charge on any atom is 0.302 e. The summed E-state index contributed by atoms with van der Waals surface area (Å²) in [5.74, 6) is 1.12. The van der Waals surface area contributed by atoms with Gasteiger partial charge in [-0.2, -0.15) is 0 Å². The van der Waals surface area contributed by atoms with Gasteiger partial charge in [0.15, 0.2) is 0 Å². The van der Waals surface area contributed by atoms with Crippen molar-refractivity contribution in [2.24, 2.45) is 22.7 Å². The minimum absolute atomic E-state index is 0.0628. The normalized spacial score (nSPS) is 38.0. The average molecular weight is 391 g/mol. The molecule has 4 heteroatoms. The molecule has 1 aromatic heterocycles. The maximum atomic E-state index is 11.4. The summed E-state index contributed by atoms with van der Waals surface area (Å²) in [7, 11) is 0. The number of hydrogen-bond donors (Lipinski definition) is 0. The van der Waals surface area contributed by atoms with E-state index in [9.17, 15) is 4.79 Å². The van der Waals surface area contributed by atoms with Crippen LogP contribution < -0.4 is 0 Å². The first kappa shape index (κ1) is 18.8. The van der Waals surface area contributed by atoms with Crippen molar-refractivity contribution in [1.82, 2.24) is 9.97 Å². The van der Waals surface area contributed by atoms with Crippen LogP contribution >= 0.6 is 0 Å². The Morgan fingerprint density at radius 1 is 1.17 bits per heavy atom. The predicted molar refractivity (Wildman–Crippen MR) is 113 cm³/mol. The molecular weight excluding hydrogens is 360 g/mol. The summed E-state index contributed by atoms with van der Waals surface area (Å²) in [6.07, 6.45) is 19.2. The molecule has 0 bridgehead atoms. The Balaban J connectivity index is 1.42. The van der Waals surface area contributed by atoms with Gasteiger partial charge in [0.25, 0.3) is 0 Å². The SMILES string of the molecule is CC(=O)O[C@H]1CC[C@@]2(C)C(=CC[C@H]3C4=CC=C(c5cnccn5)[C@@]4(C)CC[C@@H]32)C1. The van der Waals surface area contributed by atoms with Gasteiger partial charge in [0, 0.05) is 31.2 Å². The molecule has 2 saturated carbocycles. The second-order valence-corrected chi connectivity index (χ2v) is 9.73. The summed E-state index contributed by atoms with van der Waals surface area (Å²) in [6, 6.07) is 0. The van der Waals surface area contributed by atoms with Gasteiger partial charge in [-0.15, -0.1) is 0 Å². The Kier molecular flexibility index (Phi) is 4.30. The van der Waals surface area contributed by atoms with Crippen molar-refractivity contribution in [3.63, 3.8) is 0 Å². The second-order valence-electron chi connectivity index (χ2n) is 9.73. The number of hydrogen-bond acceptors (Lipinski definition) is 4. The average Bonchev–Trinajstić information content (AvgIpc) is 3.06. The number of rotatable bonds is 2. The van der Waals surface area contributed by atoms with Crippen LogP contribution in [0.5, 0.6) is 0 Å². The largest absolute Gasteiger partial charge is 0.462 e. The lowest BCUT2D eigenvalue weighted by molar-refractivity contribution is -0.148. The molecule has 4 nitrogen and oxygen atoms in total. The fourth-order valence-corrected chi connectivity index (χ4v) is 6.78. The first-order valence-electron chi connectivity index (χ1n) is 11.0. The van der Waals surface area contributed by atoms with Crippen molar-refractivity contribution < 1.29 is 9.53 Å². The van der Waals surface area contributed by atoms with Gasteiger partial charge in [0.1, 0.15) is 6.10 Å². The minimum atomic E-state index is -0.153. The molecule has 0 aromatic carbocycles. The standard InChI is InChI=1S/C25H30N2O2/c1-16(28)29-18-8-10-24(2)17(14-18)4-5-19-20-6-7-22(23-15-26-12-13-27-23)25(20,3)11-9-21(19)24/h4,6-7,12-13,15,18-19,21H,5,8-11,14H2,1-3H3/t18-,19-,21-,24-,25-/m0/s1. The number of nitrogens with zero attached hydrogens (tertiary/aromatic N) is 2. The Morgan fingerprint density at radius 2 is 2.03 bits per heavy atom. The lowest BCUT2D eigenvalue weighted by atomic mass is 9.49. The molecule has 5 rings (SSSR count). The number of ether oxygens (including phenoxy) is 1. The lowest BCUT2D eigenvalue weighted by Crippen LogP contribution is -2.47. The maximum absolute atomic E-state index is 11.4. The van der Waals surface area contributed by atoms with Gasteiger partial charge in [-0.1, -0.05) is 43.2 Å². The highest BCUT2D eigenvalue weighted by atomic mass is 16.5. The minimum Gasteiger partial charge on any atom is -0.462 e. The van der Waals surface area contributed by atoms with Gasteiger partial charge in [0.2, 0.25) is 0 Å². The molecule has 0 unspecified atom stereocenters. The quantitative estimate of drug-likeness (QED) is 0.509. The molecule has 29 heavy (non-hydrogen) atoms. The van der Waals surface area contributed by atoms with Crippen molar-refractivity contribution in [1.29, 1.82) is 0 Å².